The van der Waals surface area contributed by atoms with E-state index < -0.39 is 0 Å². The van der Waals surface area contributed by atoms with E-state index >= 15 is 0 Å². The van der Waals surface area contributed by atoms with Crippen LogP contribution in [0.4, 0.5) is 0 Å². The zero-order chi connectivity index (χ0) is 9.97. The monoisotopic (exact) mass is 258 g/mol. The van der Waals surface area contributed by atoms with Gasteiger partial charge in [-0.25, -0.2) is 4.98 Å². The SMILES string of the molecule is O=c1c(Br)cncn1CC1CCCO1. The van der Waals surface area contributed by atoms with Gasteiger partial charge in [-0.3, -0.25) is 9.36 Å². The fourth-order valence-electron chi connectivity index (χ4n) is 1.56. The van der Waals surface area contributed by atoms with Crippen LogP contribution in [0, 0.1) is 0 Å². The van der Waals surface area contributed by atoms with Crippen molar-refractivity contribution in [3.8, 4) is 0 Å². The third-order valence-corrected chi connectivity index (χ3v) is 2.83. The molecule has 2 heterocycles. The predicted octanol–water partition coefficient (Wildman–Crippen LogP) is 1.18. The molecule has 4 nitrogen and oxygen atoms in total. The smallest absolute Gasteiger partial charge is 0.267 e. The van der Waals surface area contributed by atoms with Crippen LogP contribution in [0.15, 0.2) is 21.8 Å². The highest BCUT2D eigenvalue weighted by molar-refractivity contribution is 9.10. The third kappa shape index (κ3) is 2.04. The average molecular weight is 259 g/mol. The largest absolute Gasteiger partial charge is 0.376 e. The Hall–Kier alpha value is -0.680. The average Bonchev–Trinajstić information content (AvgIpc) is 2.66. The van der Waals surface area contributed by atoms with Crippen molar-refractivity contribution >= 4 is 15.9 Å². The summed E-state index contributed by atoms with van der Waals surface area (Å²) in [6.45, 7) is 1.41. The normalized spacial score (nSPS) is 21.4. The first-order valence-electron chi connectivity index (χ1n) is 4.59. The van der Waals surface area contributed by atoms with E-state index in [-0.39, 0.29) is 11.7 Å². The molecule has 2 rings (SSSR count). The zero-order valence-electron chi connectivity index (χ0n) is 7.65. The lowest BCUT2D eigenvalue weighted by molar-refractivity contribution is 0.0958. The molecule has 1 fully saturated rings. The van der Waals surface area contributed by atoms with E-state index in [1.807, 2.05) is 0 Å². The van der Waals surface area contributed by atoms with Crippen molar-refractivity contribution in [1.82, 2.24) is 9.55 Å². The van der Waals surface area contributed by atoms with E-state index in [0.717, 1.165) is 19.4 Å². The first-order chi connectivity index (χ1) is 6.77. The van der Waals surface area contributed by atoms with Crippen LogP contribution in [0.3, 0.4) is 0 Å². The maximum absolute atomic E-state index is 11.6. The lowest BCUT2D eigenvalue weighted by Crippen LogP contribution is -2.26. The van der Waals surface area contributed by atoms with E-state index in [1.165, 1.54) is 6.20 Å². The van der Waals surface area contributed by atoms with Crippen molar-refractivity contribution in [1.29, 1.82) is 0 Å². The van der Waals surface area contributed by atoms with Crippen LogP contribution in [0.5, 0.6) is 0 Å². The van der Waals surface area contributed by atoms with Gasteiger partial charge in [-0.1, -0.05) is 0 Å². The summed E-state index contributed by atoms with van der Waals surface area (Å²) in [5.41, 5.74) is -0.0458. The molecule has 5 heteroatoms. The van der Waals surface area contributed by atoms with Gasteiger partial charge < -0.3 is 4.74 Å². The lowest BCUT2D eigenvalue weighted by Gasteiger charge is -2.10. The fraction of sp³-hybridized carbons (Fsp3) is 0.556. The Kier molecular flexibility index (Phi) is 2.98. The van der Waals surface area contributed by atoms with Gasteiger partial charge in [-0.15, -0.1) is 0 Å². The number of hydrogen-bond donors (Lipinski definition) is 0. The third-order valence-electron chi connectivity index (χ3n) is 2.28. The standard InChI is InChI=1S/C9H11BrN2O2/c10-8-4-11-6-12(9(8)13)5-7-2-1-3-14-7/h4,6-7H,1-3,5H2. The highest BCUT2D eigenvalue weighted by Gasteiger charge is 2.16. The van der Waals surface area contributed by atoms with Crippen molar-refractivity contribution in [2.45, 2.75) is 25.5 Å². The molecule has 0 N–H and O–H groups in total. The van der Waals surface area contributed by atoms with Gasteiger partial charge in [0.2, 0.25) is 0 Å². The van der Waals surface area contributed by atoms with Gasteiger partial charge in [-0.2, -0.15) is 0 Å². The van der Waals surface area contributed by atoms with Gasteiger partial charge in [0.25, 0.3) is 5.56 Å². The molecule has 0 bridgehead atoms. The quantitative estimate of drug-likeness (QED) is 0.801. The maximum Gasteiger partial charge on any atom is 0.267 e. The molecule has 0 amide bonds. The van der Waals surface area contributed by atoms with E-state index in [4.69, 9.17) is 4.74 Å². The summed E-state index contributed by atoms with van der Waals surface area (Å²) in [6, 6.07) is 0. The minimum absolute atomic E-state index is 0.0458. The zero-order valence-corrected chi connectivity index (χ0v) is 9.24. The summed E-state index contributed by atoms with van der Waals surface area (Å²) in [5.74, 6) is 0. The highest BCUT2D eigenvalue weighted by Crippen LogP contribution is 2.13. The molecule has 0 spiro atoms. The summed E-state index contributed by atoms with van der Waals surface area (Å²) in [5, 5.41) is 0. The number of rotatable bonds is 2. The second-order valence-corrected chi connectivity index (χ2v) is 4.19. The van der Waals surface area contributed by atoms with Crippen LogP contribution < -0.4 is 5.56 Å². The van der Waals surface area contributed by atoms with Crippen molar-refractivity contribution in [3.63, 3.8) is 0 Å². The Bertz CT molecular complexity index is 371. The molecule has 1 aliphatic heterocycles. The topological polar surface area (TPSA) is 44.1 Å². The van der Waals surface area contributed by atoms with Crippen molar-refractivity contribution < 1.29 is 4.74 Å². The first kappa shape index (κ1) is 9.86. The highest BCUT2D eigenvalue weighted by atomic mass is 79.9. The van der Waals surface area contributed by atoms with E-state index in [2.05, 4.69) is 20.9 Å². The van der Waals surface area contributed by atoms with Gasteiger partial charge in [0, 0.05) is 12.8 Å². The second kappa shape index (κ2) is 4.23. The molecule has 1 unspecified atom stereocenters. The second-order valence-electron chi connectivity index (χ2n) is 3.33. The van der Waals surface area contributed by atoms with Crippen LogP contribution in [0.2, 0.25) is 0 Å². The van der Waals surface area contributed by atoms with Crippen LogP contribution in [0.1, 0.15) is 12.8 Å². The molecule has 1 saturated heterocycles. The molecule has 1 aromatic rings. The van der Waals surface area contributed by atoms with E-state index in [9.17, 15) is 4.79 Å². The Balaban J connectivity index is 2.16. The number of halogens is 1. The number of hydrogen-bond acceptors (Lipinski definition) is 3. The summed E-state index contributed by atoms with van der Waals surface area (Å²) in [4.78, 5) is 15.5. The minimum Gasteiger partial charge on any atom is -0.376 e. The summed E-state index contributed by atoms with van der Waals surface area (Å²) < 4.78 is 7.53. The molecule has 0 aromatic carbocycles. The number of aromatic nitrogens is 2. The molecule has 1 aromatic heterocycles. The van der Waals surface area contributed by atoms with Crippen LogP contribution in [0.25, 0.3) is 0 Å². The predicted molar refractivity (Wildman–Crippen MR) is 55.2 cm³/mol. The Labute approximate surface area is 90.0 Å². The van der Waals surface area contributed by atoms with Crippen molar-refractivity contribution in [2.75, 3.05) is 6.61 Å². The molecule has 14 heavy (non-hydrogen) atoms. The number of ether oxygens (including phenoxy) is 1. The van der Waals surface area contributed by atoms with Crippen molar-refractivity contribution in [2.24, 2.45) is 0 Å². The first-order valence-corrected chi connectivity index (χ1v) is 5.38. The Morgan fingerprint density at radius 3 is 3.29 bits per heavy atom. The molecule has 1 atom stereocenters. The molecule has 76 valence electrons. The van der Waals surface area contributed by atoms with Crippen LogP contribution in [-0.4, -0.2) is 22.3 Å². The molecule has 1 aliphatic rings. The molecule has 0 saturated carbocycles. The Morgan fingerprint density at radius 2 is 2.57 bits per heavy atom. The lowest BCUT2D eigenvalue weighted by atomic mass is 10.2. The number of nitrogens with zero attached hydrogens (tertiary/aromatic N) is 2. The molecular formula is C9H11BrN2O2. The minimum atomic E-state index is -0.0458. The summed E-state index contributed by atoms with van der Waals surface area (Å²) in [6.07, 6.45) is 5.34. The molecule has 0 aliphatic carbocycles. The van der Waals surface area contributed by atoms with Gasteiger partial charge >= 0.3 is 0 Å². The summed E-state index contributed by atoms with van der Waals surface area (Å²) >= 11 is 3.16. The van der Waals surface area contributed by atoms with E-state index in [1.54, 1.807) is 10.9 Å². The molecule has 0 radical (unpaired) electrons. The summed E-state index contributed by atoms with van der Waals surface area (Å²) in [7, 11) is 0. The maximum atomic E-state index is 11.6. The van der Waals surface area contributed by atoms with Crippen molar-refractivity contribution in [3.05, 3.63) is 27.4 Å². The van der Waals surface area contributed by atoms with Gasteiger partial charge in [0.1, 0.15) is 4.47 Å². The molecular weight excluding hydrogens is 248 g/mol. The van der Waals surface area contributed by atoms with Gasteiger partial charge in [-0.05, 0) is 28.8 Å². The van der Waals surface area contributed by atoms with Gasteiger partial charge in [0.15, 0.2) is 0 Å². The van der Waals surface area contributed by atoms with E-state index in [0.29, 0.717) is 11.0 Å². The van der Waals surface area contributed by atoms with Gasteiger partial charge in [0.05, 0.1) is 19.0 Å². The Morgan fingerprint density at radius 1 is 1.71 bits per heavy atom. The van der Waals surface area contributed by atoms with Crippen LogP contribution in [-0.2, 0) is 11.3 Å². The van der Waals surface area contributed by atoms with Crippen LogP contribution >= 0.6 is 15.9 Å². The fourth-order valence-corrected chi connectivity index (χ4v) is 1.91.